The van der Waals surface area contributed by atoms with Gasteiger partial charge in [0.2, 0.25) is 0 Å². The van der Waals surface area contributed by atoms with Gasteiger partial charge in [-0.05, 0) is 47.6 Å². The topological polar surface area (TPSA) is 59.6 Å². The van der Waals surface area contributed by atoms with E-state index in [2.05, 4.69) is 38.7 Å². The molecule has 0 saturated carbocycles. The highest BCUT2D eigenvalue weighted by Gasteiger charge is 1.98. The zero-order chi connectivity index (χ0) is 15.1. The highest BCUT2D eigenvalue weighted by atomic mass is 79.9. The van der Waals surface area contributed by atoms with Crippen molar-refractivity contribution in [3.8, 4) is 5.75 Å². The third-order valence-corrected chi connectivity index (χ3v) is 3.13. The van der Waals surface area contributed by atoms with Crippen molar-refractivity contribution in [2.75, 3.05) is 0 Å². The molecular weight excluding hydrogens is 350 g/mol. The van der Waals surface area contributed by atoms with Gasteiger partial charge in [0.15, 0.2) is 5.11 Å². The van der Waals surface area contributed by atoms with Gasteiger partial charge in [-0.25, -0.2) is 0 Å². The van der Waals surface area contributed by atoms with Gasteiger partial charge in [0.25, 0.3) is 0 Å². The average Bonchev–Trinajstić information content (AvgIpc) is 2.45. The van der Waals surface area contributed by atoms with Crippen LogP contribution in [0.5, 0.6) is 5.75 Å². The first-order chi connectivity index (χ1) is 10.1. The number of rotatable bonds is 5. The zero-order valence-electron chi connectivity index (χ0n) is 11.1. The summed E-state index contributed by atoms with van der Waals surface area (Å²) in [4.78, 5) is 0. The minimum absolute atomic E-state index is 0.133. The summed E-state index contributed by atoms with van der Waals surface area (Å²) in [7, 11) is 0. The van der Waals surface area contributed by atoms with Crippen LogP contribution in [0.2, 0.25) is 0 Å². The van der Waals surface area contributed by atoms with E-state index in [1.165, 1.54) is 0 Å². The minimum atomic E-state index is 0.133. The van der Waals surface area contributed by atoms with E-state index in [1.807, 2.05) is 48.5 Å². The number of ether oxygens (including phenoxy) is 1. The molecule has 2 rings (SSSR count). The number of nitrogens with zero attached hydrogens (tertiary/aromatic N) is 1. The van der Waals surface area contributed by atoms with E-state index >= 15 is 0 Å². The fourth-order valence-corrected chi connectivity index (χ4v) is 2.15. The molecule has 0 atom stereocenters. The summed E-state index contributed by atoms with van der Waals surface area (Å²) in [6.07, 6.45) is 1.63. The average molecular weight is 364 g/mol. The third kappa shape index (κ3) is 5.53. The van der Waals surface area contributed by atoms with Gasteiger partial charge in [0.1, 0.15) is 12.4 Å². The van der Waals surface area contributed by atoms with E-state index in [0.717, 1.165) is 21.3 Å². The van der Waals surface area contributed by atoms with Crippen LogP contribution >= 0.6 is 28.1 Å². The molecule has 0 amide bonds. The Balaban J connectivity index is 1.97. The molecule has 0 saturated heterocycles. The lowest BCUT2D eigenvalue weighted by molar-refractivity contribution is 0.306. The smallest absolute Gasteiger partial charge is 0.184 e. The monoisotopic (exact) mass is 363 g/mol. The van der Waals surface area contributed by atoms with E-state index in [9.17, 15) is 0 Å². The lowest BCUT2D eigenvalue weighted by Gasteiger charge is -2.07. The Hall–Kier alpha value is -1.92. The van der Waals surface area contributed by atoms with Crippen LogP contribution in [0, 0.1) is 0 Å². The third-order valence-electron chi connectivity index (χ3n) is 2.54. The predicted octanol–water partition coefficient (Wildman–Crippen LogP) is 3.20. The molecule has 0 aromatic heterocycles. The molecule has 0 aliphatic carbocycles. The zero-order valence-corrected chi connectivity index (χ0v) is 13.5. The van der Waals surface area contributed by atoms with Crippen LogP contribution in [0.3, 0.4) is 0 Å². The number of nitrogens with one attached hydrogen (secondary N) is 1. The fraction of sp³-hybridized carbons (Fsp3) is 0.0667. The highest BCUT2D eigenvalue weighted by Crippen LogP contribution is 2.16. The molecule has 108 valence electrons. The van der Waals surface area contributed by atoms with Gasteiger partial charge >= 0.3 is 0 Å². The van der Waals surface area contributed by atoms with Crippen LogP contribution in [0.25, 0.3) is 0 Å². The molecule has 0 radical (unpaired) electrons. The Kier molecular flexibility index (Phi) is 5.71. The summed E-state index contributed by atoms with van der Waals surface area (Å²) in [6, 6.07) is 15.6. The number of hydrogen-bond donors (Lipinski definition) is 2. The normalized spacial score (nSPS) is 10.5. The fourth-order valence-electron chi connectivity index (χ4n) is 1.65. The first kappa shape index (κ1) is 15.5. The second-order valence-electron chi connectivity index (χ2n) is 4.23. The van der Waals surface area contributed by atoms with E-state index in [0.29, 0.717) is 6.61 Å². The molecular formula is C15H14BrN3OS. The Bertz CT molecular complexity index is 661. The van der Waals surface area contributed by atoms with Crippen LogP contribution < -0.4 is 15.9 Å². The molecule has 0 spiro atoms. The van der Waals surface area contributed by atoms with Crippen LogP contribution in [-0.4, -0.2) is 11.3 Å². The van der Waals surface area contributed by atoms with Crippen LogP contribution in [0.4, 0.5) is 0 Å². The molecule has 6 heteroatoms. The molecule has 3 N–H and O–H groups in total. The van der Waals surface area contributed by atoms with Gasteiger partial charge < -0.3 is 10.5 Å². The lowest BCUT2D eigenvalue weighted by atomic mass is 10.2. The van der Waals surface area contributed by atoms with E-state index in [-0.39, 0.29) is 5.11 Å². The Morgan fingerprint density at radius 2 is 2.10 bits per heavy atom. The molecule has 0 aliphatic heterocycles. The Morgan fingerprint density at radius 1 is 1.29 bits per heavy atom. The largest absolute Gasteiger partial charge is 0.489 e. The summed E-state index contributed by atoms with van der Waals surface area (Å²) in [5.74, 6) is 0.772. The quantitative estimate of drug-likeness (QED) is 0.486. The number of halogens is 1. The molecule has 2 aromatic carbocycles. The second-order valence-corrected chi connectivity index (χ2v) is 5.58. The maximum absolute atomic E-state index is 5.76. The number of hydrazone groups is 1. The number of hydrogen-bond acceptors (Lipinski definition) is 3. The van der Waals surface area contributed by atoms with Gasteiger partial charge in [-0.3, -0.25) is 5.43 Å². The standard InChI is InChI=1S/C15H14BrN3OS/c16-13-5-1-4-12(7-13)10-20-14-6-2-3-11(8-14)9-18-19-15(17)21/h1-9H,10H2,(H3,17,19,21). The molecule has 21 heavy (non-hydrogen) atoms. The van der Waals surface area contributed by atoms with Crippen LogP contribution in [-0.2, 0) is 6.61 Å². The molecule has 0 heterocycles. The van der Waals surface area contributed by atoms with Crippen molar-refractivity contribution in [2.24, 2.45) is 10.8 Å². The van der Waals surface area contributed by atoms with E-state index in [4.69, 9.17) is 10.5 Å². The number of thiocarbonyl (C=S) groups is 1. The maximum Gasteiger partial charge on any atom is 0.184 e. The molecule has 2 aromatic rings. The molecule has 0 unspecified atom stereocenters. The SMILES string of the molecule is NC(=S)NN=Cc1cccc(OCc2cccc(Br)c2)c1. The van der Waals surface area contributed by atoms with Crippen molar-refractivity contribution in [1.29, 1.82) is 0 Å². The molecule has 0 fully saturated rings. The molecule has 0 aliphatic rings. The summed E-state index contributed by atoms with van der Waals surface area (Å²) < 4.78 is 6.80. The molecule has 4 nitrogen and oxygen atoms in total. The highest BCUT2D eigenvalue weighted by molar-refractivity contribution is 9.10. The summed E-state index contributed by atoms with van der Waals surface area (Å²) in [6.45, 7) is 0.505. The van der Waals surface area contributed by atoms with Crippen LogP contribution in [0.15, 0.2) is 58.1 Å². The summed E-state index contributed by atoms with van der Waals surface area (Å²) in [5.41, 5.74) is 9.79. The van der Waals surface area contributed by atoms with E-state index < -0.39 is 0 Å². The van der Waals surface area contributed by atoms with Crippen molar-refractivity contribution >= 4 is 39.5 Å². The number of benzene rings is 2. The Morgan fingerprint density at radius 3 is 2.86 bits per heavy atom. The Labute approximate surface area is 137 Å². The van der Waals surface area contributed by atoms with Crippen molar-refractivity contribution in [3.63, 3.8) is 0 Å². The summed E-state index contributed by atoms with van der Waals surface area (Å²) >= 11 is 8.11. The molecule has 0 bridgehead atoms. The van der Waals surface area contributed by atoms with Crippen LogP contribution in [0.1, 0.15) is 11.1 Å². The van der Waals surface area contributed by atoms with Gasteiger partial charge in [-0.15, -0.1) is 0 Å². The van der Waals surface area contributed by atoms with Crippen molar-refractivity contribution in [3.05, 3.63) is 64.1 Å². The van der Waals surface area contributed by atoms with Gasteiger partial charge in [0.05, 0.1) is 6.21 Å². The van der Waals surface area contributed by atoms with Crippen molar-refractivity contribution < 1.29 is 4.74 Å². The number of nitrogens with two attached hydrogens (primary N) is 1. The van der Waals surface area contributed by atoms with Gasteiger partial charge in [-0.2, -0.15) is 5.10 Å². The first-order valence-electron chi connectivity index (χ1n) is 6.19. The van der Waals surface area contributed by atoms with E-state index in [1.54, 1.807) is 6.21 Å². The summed E-state index contributed by atoms with van der Waals surface area (Å²) in [5, 5.41) is 4.04. The predicted molar refractivity (Wildman–Crippen MR) is 92.4 cm³/mol. The van der Waals surface area contributed by atoms with Crippen molar-refractivity contribution in [1.82, 2.24) is 5.43 Å². The lowest BCUT2D eigenvalue weighted by Crippen LogP contribution is -2.23. The van der Waals surface area contributed by atoms with Gasteiger partial charge in [-0.1, -0.05) is 40.2 Å². The second kappa shape index (κ2) is 7.75. The minimum Gasteiger partial charge on any atom is -0.489 e. The van der Waals surface area contributed by atoms with Gasteiger partial charge in [0, 0.05) is 4.47 Å². The first-order valence-corrected chi connectivity index (χ1v) is 7.39. The maximum atomic E-state index is 5.76. The van der Waals surface area contributed by atoms with Crippen molar-refractivity contribution in [2.45, 2.75) is 6.61 Å².